The Labute approximate surface area is 170 Å². The lowest BCUT2D eigenvalue weighted by Gasteiger charge is -2.14. The molecule has 1 aliphatic carbocycles. The maximum Gasteiger partial charge on any atom is 0.212 e. The summed E-state index contributed by atoms with van der Waals surface area (Å²) >= 11 is 0. The zero-order chi connectivity index (χ0) is 20.8. The zero-order valence-corrected chi connectivity index (χ0v) is 17.7. The number of rotatable bonds is 8. The van der Waals surface area contributed by atoms with Crippen LogP contribution in [-0.2, 0) is 21.8 Å². The molecule has 0 unspecified atom stereocenters. The fourth-order valence-electron chi connectivity index (χ4n) is 3.63. The summed E-state index contributed by atoms with van der Waals surface area (Å²) in [6.07, 6.45) is 2.27. The number of fused-ring (bicyclic) bond motifs is 1. The van der Waals surface area contributed by atoms with Gasteiger partial charge in [-0.05, 0) is 49.2 Å². The number of aromatic nitrogens is 1. The van der Waals surface area contributed by atoms with Crippen molar-refractivity contribution in [1.29, 1.82) is 0 Å². The predicted molar refractivity (Wildman–Crippen MR) is 112 cm³/mol. The molecule has 0 bridgehead atoms. The van der Waals surface area contributed by atoms with Crippen molar-refractivity contribution in [3.63, 3.8) is 0 Å². The van der Waals surface area contributed by atoms with Gasteiger partial charge in [-0.2, -0.15) is 0 Å². The molecule has 6 nitrogen and oxygen atoms in total. The third kappa shape index (κ3) is 3.83. The Balaban J connectivity index is 1.66. The number of benzene rings is 1. The van der Waals surface area contributed by atoms with Crippen molar-refractivity contribution >= 4 is 26.5 Å². The molecule has 0 N–H and O–H groups in total. The highest BCUT2D eigenvalue weighted by molar-refractivity contribution is 7.92. The highest BCUT2D eigenvalue weighted by atomic mass is 32.2. The van der Waals surface area contributed by atoms with Crippen molar-refractivity contribution in [3.05, 3.63) is 53.6 Å². The smallest absolute Gasteiger partial charge is 0.212 e. The van der Waals surface area contributed by atoms with E-state index in [1.165, 1.54) is 12.6 Å². The first-order valence-electron chi connectivity index (χ1n) is 9.75. The van der Waals surface area contributed by atoms with Gasteiger partial charge in [0.15, 0.2) is 15.6 Å². The first-order valence-corrected chi connectivity index (χ1v) is 11.6. The van der Waals surface area contributed by atoms with Crippen molar-refractivity contribution < 1.29 is 22.4 Å². The first-order chi connectivity index (χ1) is 13.7. The second kappa shape index (κ2) is 7.06. The molecule has 1 aromatic carbocycles. The number of Topliss-reactive ketones (excluding diaryl/α,β-unsaturated/α-hetero) is 1. The monoisotopic (exact) mass is 415 g/mol. The van der Waals surface area contributed by atoms with Gasteiger partial charge in [-0.1, -0.05) is 13.8 Å². The molecule has 4 rings (SSSR count). The van der Waals surface area contributed by atoms with Crippen LogP contribution in [0.2, 0.25) is 0 Å². The minimum absolute atomic E-state index is 0.0624. The number of nitrogens with zero attached hydrogens (tertiary/aromatic N) is 1. The molecule has 0 atom stereocenters. The predicted octanol–water partition coefficient (Wildman–Crippen LogP) is 3.96. The molecule has 7 heteroatoms. The van der Waals surface area contributed by atoms with Crippen LogP contribution < -0.4 is 4.74 Å². The minimum Gasteiger partial charge on any atom is -0.497 e. The molecule has 0 aliphatic heterocycles. The highest BCUT2D eigenvalue weighted by Gasteiger charge is 2.42. The molecule has 1 fully saturated rings. The molecule has 0 saturated heterocycles. The van der Waals surface area contributed by atoms with Gasteiger partial charge < -0.3 is 13.7 Å². The van der Waals surface area contributed by atoms with E-state index in [0.717, 1.165) is 29.5 Å². The number of sulfone groups is 1. The summed E-state index contributed by atoms with van der Waals surface area (Å²) in [5.74, 6) is 0.439. The fourth-order valence-corrected chi connectivity index (χ4v) is 4.38. The molecule has 3 aromatic rings. The summed E-state index contributed by atoms with van der Waals surface area (Å²) in [5.41, 5.74) is 2.46. The topological polar surface area (TPSA) is 78.5 Å². The largest absolute Gasteiger partial charge is 0.497 e. The van der Waals surface area contributed by atoms with Crippen LogP contribution in [0, 0.1) is 0 Å². The normalized spacial score (nSPS) is 15.6. The van der Waals surface area contributed by atoms with Crippen molar-refractivity contribution in [2.75, 3.05) is 18.6 Å². The molecular weight excluding hydrogens is 390 g/mol. The van der Waals surface area contributed by atoms with E-state index in [-0.39, 0.29) is 16.9 Å². The lowest BCUT2D eigenvalue weighted by atomic mass is 10.1. The van der Waals surface area contributed by atoms with Crippen molar-refractivity contribution in [3.8, 4) is 5.75 Å². The molecule has 0 radical (unpaired) electrons. The number of carbonyl (C=O) groups is 1. The maximum absolute atomic E-state index is 12.3. The van der Waals surface area contributed by atoms with E-state index in [1.807, 2.05) is 18.2 Å². The van der Waals surface area contributed by atoms with E-state index >= 15 is 0 Å². The van der Waals surface area contributed by atoms with Gasteiger partial charge in [0.1, 0.15) is 17.3 Å². The van der Waals surface area contributed by atoms with Gasteiger partial charge in [0.2, 0.25) is 5.78 Å². The quantitative estimate of drug-likeness (QED) is 0.521. The molecule has 1 aliphatic rings. The number of furan rings is 1. The molecule has 2 heterocycles. The molecule has 2 aromatic heterocycles. The summed E-state index contributed by atoms with van der Waals surface area (Å²) in [4.78, 5) is 12.3. The van der Waals surface area contributed by atoms with E-state index in [0.29, 0.717) is 12.3 Å². The van der Waals surface area contributed by atoms with E-state index in [1.54, 1.807) is 19.2 Å². The average molecular weight is 416 g/mol. The van der Waals surface area contributed by atoms with Crippen molar-refractivity contribution in [2.24, 2.45) is 0 Å². The second-order valence-corrected chi connectivity index (χ2v) is 10.3. The Morgan fingerprint density at radius 3 is 2.62 bits per heavy atom. The maximum atomic E-state index is 12.3. The third-order valence-corrected chi connectivity index (χ3v) is 7.35. The lowest BCUT2D eigenvalue weighted by Crippen LogP contribution is -2.17. The number of carbonyl (C=O) groups excluding carboxylic acids is 1. The molecule has 154 valence electrons. The van der Waals surface area contributed by atoms with Crippen LogP contribution in [0.15, 0.2) is 40.8 Å². The van der Waals surface area contributed by atoms with Crippen LogP contribution >= 0.6 is 0 Å². The van der Waals surface area contributed by atoms with Gasteiger partial charge in [-0.15, -0.1) is 0 Å². The van der Waals surface area contributed by atoms with Crippen LogP contribution in [-0.4, -0.2) is 37.4 Å². The van der Waals surface area contributed by atoms with Crippen molar-refractivity contribution in [1.82, 2.24) is 4.57 Å². The second-order valence-electron chi connectivity index (χ2n) is 7.97. The number of hydrogen-bond donors (Lipinski definition) is 0. The Bertz CT molecular complexity index is 1180. The lowest BCUT2D eigenvalue weighted by molar-refractivity contribution is 0.0988. The first kappa shape index (κ1) is 19.8. The Kier molecular flexibility index (Phi) is 4.81. The van der Waals surface area contributed by atoms with Crippen LogP contribution in [0.3, 0.4) is 0 Å². The van der Waals surface area contributed by atoms with Gasteiger partial charge in [-0.3, -0.25) is 4.79 Å². The van der Waals surface area contributed by atoms with E-state index in [9.17, 15) is 13.2 Å². The van der Waals surface area contributed by atoms with Gasteiger partial charge in [-0.25, -0.2) is 8.42 Å². The summed E-state index contributed by atoms with van der Waals surface area (Å²) < 4.78 is 36.8. The van der Waals surface area contributed by atoms with Gasteiger partial charge in [0, 0.05) is 27.8 Å². The summed E-state index contributed by atoms with van der Waals surface area (Å²) in [6.45, 7) is 4.26. The van der Waals surface area contributed by atoms with Crippen LogP contribution in [0.4, 0.5) is 0 Å². The molecule has 0 spiro atoms. The van der Waals surface area contributed by atoms with Crippen LogP contribution in [0.1, 0.15) is 48.7 Å². The van der Waals surface area contributed by atoms with E-state index < -0.39 is 21.4 Å². The van der Waals surface area contributed by atoms with E-state index in [2.05, 4.69) is 17.6 Å². The number of hydrogen-bond acceptors (Lipinski definition) is 5. The van der Waals surface area contributed by atoms with Gasteiger partial charge >= 0.3 is 0 Å². The molecule has 1 saturated carbocycles. The Hall–Kier alpha value is -2.54. The molecule has 29 heavy (non-hydrogen) atoms. The number of ether oxygens (including phenoxy) is 1. The summed E-state index contributed by atoms with van der Waals surface area (Å²) in [6, 6.07) is 11.5. The summed E-state index contributed by atoms with van der Waals surface area (Å²) in [7, 11) is -1.73. The van der Waals surface area contributed by atoms with E-state index in [4.69, 9.17) is 9.15 Å². The number of methoxy groups -OCH3 is 1. The zero-order valence-electron chi connectivity index (χ0n) is 16.9. The third-order valence-electron chi connectivity index (χ3n) is 5.77. The molecular formula is C22H25NO5S. The Morgan fingerprint density at radius 2 is 1.97 bits per heavy atom. The number of ketones is 1. The summed E-state index contributed by atoms with van der Waals surface area (Å²) in [5, 5.41) is 1.10. The standard InChI is InChI=1S/C22H25NO5S/c1-4-29(25,26)14-19(24)20-8-6-17(28-20)13-23-18-7-5-16(27-3)11-15(18)12-21(23)22(2)9-10-22/h5-8,11-12H,4,9-10,13-14H2,1-3H3. The van der Waals surface area contributed by atoms with Crippen LogP contribution in [0.5, 0.6) is 5.75 Å². The SMILES string of the molecule is CCS(=O)(=O)CC(=O)c1ccc(Cn2c(C3(C)CC3)cc3cc(OC)ccc32)o1. The highest BCUT2D eigenvalue weighted by Crippen LogP contribution is 2.49. The van der Waals surface area contributed by atoms with Crippen LogP contribution in [0.25, 0.3) is 10.9 Å². The molecule has 0 amide bonds. The van der Waals surface area contributed by atoms with Crippen molar-refractivity contribution in [2.45, 2.75) is 38.6 Å². The fraction of sp³-hybridized carbons (Fsp3) is 0.409. The van der Waals surface area contributed by atoms with Gasteiger partial charge in [0.05, 0.1) is 13.7 Å². The Morgan fingerprint density at radius 1 is 1.21 bits per heavy atom. The van der Waals surface area contributed by atoms with Gasteiger partial charge in [0.25, 0.3) is 0 Å². The average Bonchev–Trinajstić information content (AvgIpc) is 3.13. The minimum atomic E-state index is -3.39.